The lowest BCUT2D eigenvalue weighted by atomic mass is 10.2. The molecule has 1 aliphatic heterocycles. The first-order valence-electron chi connectivity index (χ1n) is 6.78. The van der Waals surface area contributed by atoms with E-state index in [-0.39, 0.29) is 0 Å². The quantitative estimate of drug-likeness (QED) is 0.618. The smallest absolute Gasteiger partial charge is 0.0478 e. The summed E-state index contributed by atoms with van der Waals surface area (Å²) in [6.45, 7) is 14.7. The number of nitrogens with zero attached hydrogens (tertiary/aromatic N) is 2. The molecule has 1 fully saturated rings. The number of hydrogen-bond donors (Lipinski definition) is 0. The average molecular weight is 228 g/mol. The van der Waals surface area contributed by atoms with Crippen LogP contribution >= 0.6 is 0 Å². The third-order valence-electron chi connectivity index (χ3n) is 3.25. The normalized spacial score (nSPS) is 19.5. The predicted molar refractivity (Wildman–Crippen MR) is 68.9 cm³/mol. The van der Waals surface area contributed by atoms with Crippen molar-refractivity contribution in [2.45, 2.75) is 39.7 Å². The van der Waals surface area contributed by atoms with Crippen LogP contribution in [0.4, 0.5) is 0 Å². The maximum absolute atomic E-state index is 5.50. The highest BCUT2D eigenvalue weighted by atomic mass is 16.5. The van der Waals surface area contributed by atoms with E-state index in [0.717, 1.165) is 19.6 Å². The van der Waals surface area contributed by atoms with Crippen molar-refractivity contribution in [1.82, 2.24) is 9.80 Å². The van der Waals surface area contributed by atoms with Gasteiger partial charge >= 0.3 is 0 Å². The molecule has 0 saturated carbocycles. The molecule has 1 aliphatic rings. The summed E-state index contributed by atoms with van der Waals surface area (Å²) in [7, 11) is 0. The monoisotopic (exact) mass is 228 g/mol. The van der Waals surface area contributed by atoms with Crippen LogP contribution in [0.1, 0.15) is 33.6 Å². The van der Waals surface area contributed by atoms with E-state index in [4.69, 9.17) is 4.74 Å². The molecule has 0 atom stereocenters. The summed E-state index contributed by atoms with van der Waals surface area (Å²) in [6, 6.07) is 0.704. The van der Waals surface area contributed by atoms with Gasteiger partial charge in [0.05, 0.1) is 0 Å². The zero-order valence-corrected chi connectivity index (χ0v) is 11.2. The van der Waals surface area contributed by atoms with E-state index < -0.39 is 0 Å². The molecule has 0 N–H and O–H groups in total. The van der Waals surface area contributed by atoms with Crippen LogP contribution in [-0.2, 0) is 4.74 Å². The molecule has 0 spiro atoms. The first-order chi connectivity index (χ1) is 7.74. The van der Waals surface area contributed by atoms with Crippen molar-refractivity contribution >= 4 is 0 Å². The maximum atomic E-state index is 5.50. The third kappa shape index (κ3) is 5.28. The Kier molecular flexibility index (Phi) is 7.01. The molecule has 0 amide bonds. The Bertz CT molecular complexity index is 165. The van der Waals surface area contributed by atoms with Crippen LogP contribution in [0.15, 0.2) is 0 Å². The van der Waals surface area contributed by atoms with Gasteiger partial charge in [-0.1, -0.05) is 6.92 Å². The summed E-state index contributed by atoms with van der Waals surface area (Å²) in [5, 5.41) is 0. The number of ether oxygens (including phenoxy) is 1. The molecule has 0 aromatic heterocycles. The molecule has 0 bridgehead atoms. The van der Waals surface area contributed by atoms with Crippen molar-refractivity contribution in [2.75, 3.05) is 45.9 Å². The summed E-state index contributed by atoms with van der Waals surface area (Å²) >= 11 is 0. The molecule has 3 nitrogen and oxygen atoms in total. The second-order valence-corrected chi connectivity index (χ2v) is 4.94. The van der Waals surface area contributed by atoms with Gasteiger partial charge in [-0.15, -0.1) is 0 Å². The molecular weight excluding hydrogens is 200 g/mol. The van der Waals surface area contributed by atoms with E-state index >= 15 is 0 Å². The molecule has 0 unspecified atom stereocenters. The molecule has 96 valence electrons. The summed E-state index contributed by atoms with van der Waals surface area (Å²) in [6.07, 6.45) is 2.31. The summed E-state index contributed by atoms with van der Waals surface area (Å²) in [5.74, 6) is 0. The van der Waals surface area contributed by atoms with Crippen molar-refractivity contribution in [2.24, 2.45) is 0 Å². The largest absolute Gasteiger partial charge is 0.381 e. The van der Waals surface area contributed by atoms with Crippen LogP contribution in [0, 0.1) is 0 Å². The van der Waals surface area contributed by atoms with Gasteiger partial charge in [0, 0.05) is 52.0 Å². The van der Waals surface area contributed by atoms with Crippen LogP contribution in [0.5, 0.6) is 0 Å². The van der Waals surface area contributed by atoms with Crippen LogP contribution < -0.4 is 0 Å². The molecule has 1 rings (SSSR count). The molecule has 0 aliphatic carbocycles. The van der Waals surface area contributed by atoms with Crippen LogP contribution in [0.3, 0.4) is 0 Å². The van der Waals surface area contributed by atoms with Gasteiger partial charge in [-0.2, -0.15) is 0 Å². The number of rotatable bonds is 7. The standard InChI is InChI=1S/C13H28N2O/c1-4-11-16-12-5-6-14-7-9-15(10-8-14)13(2)3/h13H,4-12H2,1-3H3. The van der Waals surface area contributed by atoms with Crippen LogP contribution in [0.25, 0.3) is 0 Å². The van der Waals surface area contributed by atoms with E-state index in [1.54, 1.807) is 0 Å². The summed E-state index contributed by atoms with van der Waals surface area (Å²) < 4.78 is 5.50. The Morgan fingerprint density at radius 2 is 1.75 bits per heavy atom. The highest BCUT2D eigenvalue weighted by Gasteiger charge is 2.17. The summed E-state index contributed by atoms with van der Waals surface area (Å²) in [5.41, 5.74) is 0. The Morgan fingerprint density at radius 1 is 1.06 bits per heavy atom. The van der Waals surface area contributed by atoms with Crippen molar-refractivity contribution in [3.8, 4) is 0 Å². The molecule has 0 aromatic carbocycles. The second-order valence-electron chi connectivity index (χ2n) is 4.94. The lowest BCUT2D eigenvalue weighted by Crippen LogP contribution is -2.49. The topological polar surface area (TPSA) is 15.7 Å². The minimum absolute atomic E-state index is 0.704. The predicted octanol–water partition coefficient (Wildman–Crippen LogP) is 1.83. The number of piperazine rings is 1. The third-order valence-corrected chi connectivity index (χ3v) is 3.25. The SMILES string of the molecule is CCCOCCCN1CCN(C(C)C)CC1. The Morgan fingerprint density at radius 3 is 2.31 bits per heavy atom. The van der Waals surface area contributed by atoms with Gasteiger partial charge < -0.3 is 9.64 Å². The highest BCUT2D eigenvalue weighted by Crippen LogP contribution is 2.06. The van der Waals surface area contributed by atoms with Crippen molar-refractivity contribution < 1.29 is 4.74 Å². The lowest BCUT2D eigenvalue weighted by molar-refractivity contribution is 0.0881. The van der Waals surface area contributed by atoms with Gasteiger partial charge in [0.25, 0.3) is 0 Å². The van der Waals surface area contributed by atoms with E-state index in [1.807, 2.05) is 0 Å². The van der Waals surface area contributed by atoms with Gasteiger partial charge in [0.15, 0.2) is 0 Å². The van der Waals surface area contributed by atoms with Gasteiger partial charge in [-0.05, 0) is 26.7 Å². The first kappa shape index (κ1) is 13.9. The summed E-state index contributed by atoms with van der Waals surface area (Å²) in [4.78, 5) is 5.12. The van der Waals surface area contributed by atoms with Crippen molar-refractivity contribution in [1.29, 1.82) is 0 Å². The lowest BCUT2D eigenvalue weighted by Gasteiger charge is -2.36. The maximum Gasteiger partial charge on any atom is 0.0478 e. The van der Waals surface area contributed by atoms with Crippen LogP contribution in [0.2, 0.25) is 0 Å². The zero-order chi connectivity index (χ0) is 11.8. The minimum atomic E-state index is 0.704. The van der Waals surface area contributed by atoms with E-state index in [1.165, 1.54) is 39.1 Å². The molecule has 0 radical (unpaired) electrons. The van der Waals surface area contributed by atoms with E-state index in [0.29, 0.717) is 6.04 Å². The van der Waals surface area contributed by atoms with E-state index in [2.05, 4.69) is 30.6 Å². The van der Waals surface area contributed by atoms with Gasteiger partial charge in [0.2, 0.25) is 0 Å². The molecule has 3 heteroatoms. The van der Waals surface area contributed by atoms with Gasteiger partial charge in [-0.25, -0.2) is 0 Å². The second kappa shape index (κ2) is 8.04. The number of hydrogen-bond acceptors (Lipinski definition) is 3. The van der Waals surface area contributed by atoms with Crippen molar-refractivity contribution in [3.63, 3.8) is 0 Å². The molecule has 1 saturated heterocycles. The Balaban J connectivity index is 1.99. The Hall–Kier alpha value is -0.120. The molecular formula is C13H28N2O. The Labute approximate surface area is 101 Å². The molecule has 16 heavy (non-hydrogen) atoms. The highest BCUT2D eigenvalue weighted by molar-refractivity contribution is 4.73. The molecule has 0 aromatic rings. The van der Waals surface area contributed by atoms with Gasteiger partial charge in [0.1, 0.15) is 0 Å². The molecule has 1 heterocycles. The average Bonchev–Trinajstić information content (AvgIpc) is 2.29. The van der Waals surface area contributed by atoms with Gasteiger partial charge in [-0.3, -0.25) is 4.90 Å². The van der Waals surface area contributed by atoms with Crippen LogP contribution in [-0.4, -0.2) is 61.8 Å². The fourth-order valence-corrected chi connectivity index (χ4v) is 2.14. The fourth-order valence-electron chi connectivity index (χ4n) is 2.14. The fraction of sp³-hybridized carbons (Fsp3) is 1.00. The van der Waals surface area contributed by atoms with E-state index in [9.17, 15) is 0 Å². The van der Waals surface area contributed by atoms with Crippen molar-refractivity contribution in [3.05, 3.63) is 0 Å². The first-order valence-corrected chi connectivity index (χ1v) is 6.78. The zero-order valence-electron chi connectivity index (χ0n) is 11.2. The minimum Gasteiger partial charge on any atom is -0.381 e.